The molecule has 0 fully saturated rings. The average molecular weight is 429 g/mol. The molecule has 0 bridgehead atoms. The summed E-state index contributed by atoms with van der Waals surface area (Å²) < 4.78 is 5.09. The van der Waals surface area contributed by atoms with E-state index < -0.39 is 7.12 Å². The number of ether oxygens (including phenoxy) is 1. The largest absolute Gasteiger partial charge is 0.497 e. The first-order chi connectivity index (χ1) is 13.9. The van der Waals surface area contributed by atoms with Crippen molar-refractivity contribution < 1.29 is 19.6 Å². The second-order valence-electron chi connectivity index (χ2n) is 6.21. The molecule has 3 rings (SSSR count). The van der Waals surface area contributed by atoms with E-state index in [2.05, 4.69) is 9.98 Å². The first kappa shape index (κ1) is 21.2. The smallest absolute Gasteiger partial charge is 0.492 e. The van der Waals surface area contributed by atoms with Gasteiger partial charge in [0.1, 0.15) is 17.3 Å². The molecular weight excluding hydrogens is 411 g/mol. The molecule has 0 aliphatic carbocycles. The van der Waals surface area contributed by atoms with Gasteiger partial charge in [0.25, 0.3) is 0 Å². The summed E-state index contributed by atoms with van der Waals surface area (Å²) in [6.45, 7) is 1.76. The topological polar surface area (TPSA) is 92.0 Å². The number of hydrogen-bond acceptors (Lipinski definition) is 7. The number of methoxy groups -OCH3 is 1. The number of aromatic nitrogens is 1. The molecule has 148 valence electrons. The van der Waals surface area contributed by atoms with Crippen LogP contribution in [0.4, 0.5) is 0 Å². The van der Waals surface area contributed by atoms with Gasteiger partial charge < -0.3 is 14.8 Å². The molecule has 0 aliphatic rings. The number of ketones is 1. The minimum Gasteiger partial charge on any atom is -0.497 e. The maximum Gasteiger partial charge on any atom is 0.492 e. The van der Waals surface area contributed by atoms with Gasteiger partial charge in [-0.15, -0.1) is 11.3 Å². The minimum atomic E-state index is -1.66. The van der Waals surface area contributed by atoms with E-state index in [1.807, 2.05) is 12.1 Å². The number of carbonyl (C=O) groups excluding carboxylic acids is 1. The molecule has 2 aromatic carbocycles. The first-order valence-electron chi connectivity index (χ1n) is 8.69. The maximum atomic E-state index is 12.6. The molecule has 0 atom stereocenters. The molecule has 1 aromatic heterocycles. The van der Waals surface area contributed by atoms with Crippen molar-refractivity contribution in [2.24, 2.45) is 4.99 Å². The summed E-state index contributed by atoms with van der Waals surface area (Å²) in [7, 11) is -0.213. The van der Waals surface area contributed by atoms with Gasteiger partial charge in [-0.05, 0) is 42.8 Å². The van der Waals surface area contributed by atoms with Gasteiger partial charge in [0.05, 0.1) is 17.7 Å². The Balaban J connectivity index is 1.73. The van der Waals surface area contributed by atoms with Gasteiger partial charge in [0.15, 0.2) is 5.78 Å². The summed E-state index contributed by atoms with van der Waals surface area (Å²) in [5.41, 5.74) is 2.42. The Morgan fingerprint density at radius 1 is 1.28 bits per heavy atom. The predicted molar refractivity (Wildman–Crippen MR) is 117 cm³/mol. The van der Waals surface area contributed by atoms with E-state index in [1.54, 1.807) is 37.3 Å². The predicted octanol–water partition coefficient (Wildman–Crippen LogP) is 2.76. The number of benzene rings is 2. The Hall–Kier alpha value is -2.52. The first-order valence-corrected chi connectivity index (χ1v) is 9.89. The zero-order valence-electron chi connectivity index (χ0n) is 15.8. The van der Waals surface area contributed by atoms with Crippen molar-refractivity contribution in [2.75, 3.05) is 13.7 Å². The third-order valence-corrected chi connectivity index (χ3v) is 5.65. The van der Waals surface area contributed by atoms with E-state index in [-0.39, 0.29) is 17.8 Å². The molecule has 0 aliphatic heterocycles. The lowest BCUT2D eigenvalue weighted by molar-refractivity contribution is 0.100. The average Bonchev–Trinajstić information content (AvgIpc) is 3.10. The molecule has 2 N–H and O–H groups in total. The molecule has 3 aromatic rings. The van der Waals surface area contributed by atoms with Crippen molar-refractivity contribution in [3.63, 3.8) is 0 Å². The van der Waals surface area contributed by atoms with E-state index in [4.69, 9.17) is 16.3 Å². The lowest BCUT2D eigenvalue weighted by Crippen LogP contribution is -2.31. The van der Waals surface area contributed by atoms with Crippen LogP contribution in [0.1, 0.15) is 20.9 Å². The summed E-state index contributed by atoms with van der Waals surface area (Å²) in [6, 6.07) is 12.2. The quantitative estimate of drug-likeness (QED) is 0.343. The zero-order chi connectivity index (χ0) is 21.0. The molecule has 0 spiro atoms. The summed E-state index contributed by atoms with van der Waals surface area (Å²) in [6.07, 6.45) is 1.51. The van der Waals surface area contributed by atoms with Gasteiger partial charge in [0.2, 0.25) is 0 Å². The summed E-state index contributed by atoms with van der Waals surface area (Å²) in [5, 5.41) is 20.3. The van der Waals surface area contributed by atoms with Crippen molar-refractivity contribution in [3.05, 3.63) is 63.6 Å². The number of halogens is 1. The van der Waals surface area contributed by atoms with Crippen LogP contribution < -0.4 is 10.2 Å². The molecule has 0 unspecified atom stereocenters. The fourth-order valence-electron chi connectivity index (χ4n) is 2.71. The Kier molecular flexibility index (Phi) is 6.81. The van der Waals surface area contributed by atoms with E-state index in [1.165, 1.54) is 24.7 Å². The van der Waals surface area contributed by atoms with Crippen LogP contribution in [0.25, 0.3) is 10.6 Å². The highest BCUT2D eigenvalue weighted by atomic mass is 35.5. The number of hydrogen-bond donors (Lipinski definition) is 2. The van der Waals surface area contributed by atoms with Crippen molar-refractivity contribution in [2.45, 2.75) is 6.92 Å². The Morgan fingerprint density at radius 3 is 2.66 bits per heavy atom. The monoisotopic (exact) mass is 428 g/mol. The molecule has 29 heavy (non-hydrogen) atoms. The third-order valence-electron chi connectivity index (χ3n) is 4.15. The Labute approximate surface area is 177 Å². The highest BCUT2D eigenvalue weighted by Gasteiger charge is 2.18. The van der Waals surface area contributed by atoms with Crippen LogP contribution in [-0.4, -0.2) is 47.8 Å². The van der Waals surface area contributed by atoms with E-state index in [9.17, 15) is 14.8 Å². The van der Waals surface area contributed by atoms with E-state index >= 15 is 0 Å². The Morgan fingerprint density at radius 2 is 2.00 bits per heavy atom. The Bertz CT molecular complexity index is 1050. The second kappa shape index (κ2) is 9.32. The molecule has 9 heteroatoms. The molecule has 0 radical (unpaired) electrons. The lowest BCUT2D eigenvalue weighted by Gasteiger charge is -2.08. The van der Waals surface area contributed by atoms with E-state index in [0.717, 1.165) is 10.6 Å². The summed E-state index contributed by atoms with van der Waals surface area (Å²) in [5.74, 6) is 0.232. The van der Waals surface area contributed by atoms with Crippen LogP contribution in [0.15, 0.2) is 47.5 Å². The molecule has 0 amide bonds. The van der Waals surface area contributed by atoms with Crippen LogP contribution in [0.3, 0.4) is 0 Å². The number of aryl methyl sites for hydroxylation is 1. The van der Waals surface area contributed by atoms with Crippen molar-refractivity contribution in [3.8, 4) is 16.3 Å². The number of thiazole rings is 1. The van der Waals surface area contributed by atoms with Gasteiger partial charge in [-0.25, -0.2) is 4.98 Å². The van der Waals surface area contributed by atoms with Crippen LogP contribution in [0, 0.1) is 6.92 Å². The van der Waals surface area contributed by atoms with Gasteiger partial charge in [-0.3, -0.25) is 9.79 Å². The third kappa shape index (κ3) is 5.10. The normalized spacial score (nSPS) is 11.1. The molecule has 0 saturated carbocycles. The SMILES string of the molecule is COc1ccc(C=NCC(=O)c2sc(-c3ccc(Cl)cc3)nc2C)cc1B(O)O. The number of carbonyl (C=O) groups is 1. The van der Waals surface area contributed by atoms with Crippen molar-refractivity contribution in [1.82, 2.24) is 4.98 Å². The summed E-state index contributed by atoms with van der Waals surface area (Å²) in [4.78, 5) is 21.8. The van der Waals surface area contributed by atoms with Gasteiger partial charge in [-0.1, -0.05) is 23.7 Å². The minimum absolute atomic E-state index is 0.0356. The van der Waals surface area contributed by atoms with Crippen LogP contribution in [-0.2, 0) is 0 Å². The fourth-order valence-corrected chi connectivity index (χ4v) is 3.84. The standard InChI is InChI=1S/C20H18BClN2O4S/c1-12-19(29-20(24-12)14-4-6-15(22)7-5-14)17(25)11-23-10-13-3-8-18(28-2)16(9-13)21(26)27/h3-10,26-27H,11H2,1-2H3. The van der Waals surface area contributed by atoms with Gasteiger partial charge in [0, 0.05) is 22.3 Å². The van der Waals surface area contributed by atoms with Crippen LogP contribution >= 0.6 is 22.9 Å². The lowest BCUT2D eigenvalue weighted by atomic mass is 9.79. The fraction of sp³-hybridized carbons (Fsp3) is 0.150. The highest BCUT2D eigenvalue weighted by molar-refractivity contribution is 7.17. The summed E-state index contributed by atoms with van der Waals surface area (Å²) >= 11 is 7.24. The second-order valence-corrected chi connectivity index (χ2v) is 7.64. The number of aliphatic imine (C=N–C) groups is 1. The van der Waals surface area contributed by atoms with Crippen LogP contribution in [0.5, 0.6) is 5.75 Å². The highest BCUT2D eigenvalue weighted by Crippen LogP contribution is 2.29. The van der Waals surface area contributed by atoms with Crippen molar-refractivity contribution in [1.29, 1.82) is 0 Å². The zero-order valence-corrected chi connectivity index (χ0v) is 17.4. The van der Waals surface area contributed by atoms with Crippen molar-refractivity contribution >= 4 is 47.5 Å². The van der Waals surface area contributed by atoms with Crippen LogP contribution in [0.2, 0.25) is 5.02 Å². The van der Waals surface area contributed by atoms with Gasteiger partial charge >= 0.3 is 7.12 Å². The number of nitrogens with zero attached hydrogens (tertiary/aromatic N) is 2. The molecule has 0 saturated heterocycles. The van der Waals surface area contributed by atoms with E-state index in [0.29, 0.717) is 26.9 Å². The maximum absolute atomic E-state index is 12.6. The molecule has 6 nitrogen and oxygen atoms in total. The van der Waals surface area contributed by atoms with Gasteiger partial charge in [-0.2, -0.15) is 0 Å². The molecule has 1 heterocycles. The molecular formula is C20H18BClN2O4S. The number of Topliss-reactive ketones (excluding diaryl/α,β-unsaturated/α-hetero) is 1. The number of rotatable bonds is 7.